The van der Waals surface area contributed by atoms with Gasteiger partial charge in [-0.3, -0.25) is 14.8 Å². The number of nitrogens with one attached hydrogen (secondary N) is 1. The van der Waals surface area contributed by atoms with E-state index in [1.54, 1.807) is 30.7 Å². The van der Waals surface area contributed by atoms with Gasteiger partial charge in [-0.15, -0.1) is 0 Å². The first kappa shape index (κ1) is 16.0. The Morgan fingerprint density at radius 3 is 2.92 bits per heavy atom. The lowest BCUT2D eigenvalue weighted by Crippen LogP contribution is -2.31. The van der Waals surface area contributed by atoms with Gasteiger partial charge in [0, 0.05) is 43.1 Å². The maximum Gasteiger partial charge on any atom is 0.255 e. The predicted octanol–water partition coefficient (Wildman–Crippen LogP) is 2.83. The molecule has 128 valence electrons. The van der Waals surface area contributed by atoms with Crippen LogP contribution in [0.1, 0.15) is 22.3 Å². The van der Waals surface area contributed by atoms with E-state index < -0.39 is 0 Å². The molecule has 1 amide bonds. The highest BCUT2D eigenvalue weighted by molar-refractivity contribution is 5.95. The first-order valence-electron chi connectivity index (χ1n) is 8.50. The molecule has 26 heavy (non-hydrogen) atoms. The summed E-state index contributed by atoms with van der Waals surface area (Å²) in [4.78, 5) is 22.8. The molecule has 1 aromatic carbocycles. The molecule has 1 aliphatic rings. The lowest BCUT2D eigenvalue weighted by molar-refractivity contribution is 0.0791. The summed E-state index contributed by atoms with van der Waals surface area (Å²) >= 11 is 0. The number of pyridine rings is 2. The number of carbonyl (C=O) groups excluding carboxylic acids is 1. The molecule has 6 nitrogen and oxygen atoms in total. The van der Waals surface area contributed by atoms with Crippen LogP contribution in [0.5, 0.6) is 0 Å². The Morgan fingerprint density at radius 2 is 2.12 bits per heavy atom. The molecule has 0 saturated carbocycles. The van der Waals surface area contributed by atoms with E-state index in [2.05, 4.69) is 21.4 Å². The normalized spacial score (nSPS) is 16.4. The number of rotatable bonds is 3. The summed E-state index contributed by atoms with van der Waals surface area (Å²) in [6.45, 7) is 1.27. The summed E-state index contributed by atoms with van der Waals surface area (Å²) in [5, 5.41) is 13.8. The first-order valence-corrected chi connectivity index (χ1v) is 8.50. The zero-order chi connectivity index (χ0) is 17.9. The topological polar surface area (TPSA) is 81.9 Å². The Balaban J connectivity index is 1.55. The molecule has 0 spiro atoms. The third kappa shape index (κ3) is 2.95. The molecule has 3 heterocycles. The van der Waals surface area contributed by atoms with Gasteiger partial charge >= 0.3 is 0 Å². The van der Waals surface area contributed by atoms with Gasteiger partial charge in [-0.1, -0.05) is 18.2 Å². The zero-order valence-electron chi connectivity index (χ0n) is 14.1. The maximum absolute atomic E-state index is 12.6. The average Bonchev–Trinajstić information content (AvgIpc) is 3.17. The van der Waals surface area contributed by atoms with E-state index in [9.17, 15) is 10.1 Å². The SMILES string of the molecule is N#Cc1cnc2ccccc2c1NC1CCN(C(=O)c2cccnc2)C1. The highest BCUT2D eigenvalue weighted by Crippen LogP contribution is 2.27. The van der Waals surface area contributed by atoms with Gasteiger partial charge in [-0.2, -0.15) is 5.26 Å². The molecule has 6 heteroatoms. The van der Waals surface area contributed by atoms with Crippen LogP contribution in [0.25, 0.3) is 10.9 Å². The summed E-state index contributed by atoms with van der Waals surface area (Å²) in [7, 11) is 0. The molecule has 3 aromatic rings. The molecule has 0 radical (unpaired) electrons. The summed E-state index contributed by atoms with van der Waals surface area (Å²) in [6.07, 6.45) is 5.67. The van der Waals surface area contributed by atoms with Crippen molar-refractivity contribution >= 4 is 22.5 Å². The molecule has 1 N–H and O–H groups in total. The molecule has 1 atom stereocenters. The Morgan fingerprint density at radius 1 is 1.23 bits per heavy atom. The monoisotopic (exact) mass is 343 g/mol. The number of anilines is 1. The van der Waals surface area contributed by atoms with Crippen molar-refractivity contribution in [2.24, 2.45) is 0 Å². The number of benzene rings is 1. The van der Waals surface area contributed by atoms with Gasteiger partial charge in [0.1, 0.15) is 6.07 Å². The Labute approximate surface area is 151 Å². The first-order chi connectivity index (χ1) is 12.8. The van der Waals surface area contributed by atoms with Crippen LogP contribution in [0.2, 0.25) is 0 Å². The number of fused-ring (bicyclic) bond motifs is 1. The summed E-state index contributed by atoms with van der Waals surface area (Å²) < 4.78 is 0. The third-order valence-electron chi connectivity index (χ3n) is 4.63. The number of hydrogen-bond acceptors (Lipinski definition) is 5. The molecule has 0 bridgehead atoms. The highest BCUT2D eigenvalue weighted by atomic mass is 16.2. The van der Waals surface area contributed by atoms with Crippen molar-refractivity contribution in [3.8, 4) is 6.07 Å². The quantitative estimate of drug-likeness (QED) is 0.791. The molecular formula is C20H17N5O. The second-order valence-corrected chi connectivity index (χ2v) is 6.30. The molecular weight excluding hydrogens is 326 g/mol. The van der Waals surface area contributed by atoms with E-state index in [0.717, 1.165) is 23.0 Å². The summed E-state index contributed by atoms with van der Waals surface area (Å²) in [5.74, 6) is -0.0116. The number of hydrogen-bond donors (Lipinski definition) is 1. The fraction of sp³-hybridized carbons (Fsp3) is 0.200. The predicted molar refractivity (Wildman–Crippen MR) is 98.6 cm³/mol. The van der Waals surface area contributed by atoms with E-state index in [-0.39, 0.29) is 11.9 Å². The number of nitrogens with zero attached hydrogens (tertiary/aromatic N) is 4. The van der Waals surface area contributed by atoms with Crippen molar-refractivity contribution in [3.05, 3.63) is 66.1 Å². The van der Waals surface area contributed by atoms with Gasteiger partial charge in [0.2, 0.25) is 0 Å². The lowest BCUT2D eigenvalue weighted by Gasteiger charge is -2.19. The van der Waals surface area contributed by atoms with Crippen LogP contribution in [-0.4, -0.2) is 39.9 Å². The largest absolute Gasteiger partial charge is 0.379 e. The van der Waals surface area contributed by atoms with Gasteiger partial charge in [0.15, 0.2) is 0 Å². The minimum atomic E-state index is -0.0116. The maximum atomic E-state index is 12.6. The minimum Gasteiger partial charge on any atom is -0.379 e. The van der Waals surface area contributed by atoms with Crippen molar-refractivity contribution < 1.29 is 4.79 Å². The number of para-hydroxylation sites is 1. The molecule has 1 aliphatic heterocycles. The van der Waals surface area contributed by atoms with Crippen LogP contribution in [-0.2, 0) is 0 Å². The van der Waals surface area contributed by atoms with Crippen molar-refractivity contribution in [1.29, 1.82) is 5.26 Å². The fourth-order valence-electron chi connectivity index (χ4n) is 3.32. The van der Waals surface area contributed by atoms with Gasteiger partial charge in [0.25, 0.3) is 5.91 Å². The molecule has 2 aromatic heterocycles. The van der Waals surface area contributed by atoms with E-state index in [1.165, 1.54) is 0 Å². The molecule has 1 fully saturated rings. The standard InChI is InChI=1S/C20H17N5O/c21-10-15-12-23-18-6-2-1-5-17(18)19(15)24-16-7-9-25(13-16)20(26)14-4-3-8-22-11-14/h1-6,8,11-12,16H,7,9,13H2,(H,23,24). The van der Waals surface area contributed by atoms with Crippen molar-refractivity contribution in [2.75, 3.05) is 18.4 Å². The van der Waals surface area contributed by atoms with E-state index >= 15 is 0 Å². The van der Waals surface area contributed by atoms with Crippen LogP contribution in [0, 0.1) is 11.3 Å². The van der Waals surface area contributed by atoms with Gasteiger partial charge in [0.05, 0.1) is 22.3 Å². The van der Waals surface area contributed by atoms with Crippen LogP contribution in [0.15, 0.2) is 55.0 Å². The number of nitriles is 1. The van der Waals surface area contributed by atoms with Crippen molar-refractivity contribution in [1.82, 2.24) is 14.9 Å². The van der Waals surface area contributed by atoms with Gasteiger partial charge in [-0.05, 0) is 24.6 Å². The van der Waals surface area contributed by atoms with E-state index in [0.29, 0.717) is 24.2 Å². The van der Waals surface area contributed by atoms with E-state index in [1.807, 2.05) is 29.2 Å². The van der Waals surface area contributed by atoms with Crippen molar-refractivity contribution in [2.45, 2.75) is 12.5 Å². The van der Waals surface area contributed by atoms with Gasteiger partial charge in [-0.25, -0.2) is 0 Å². The Hall–Kier alpha value is -3.46. The number of aromatic nitrogens is 2. The molecule has 0 aliphatic carbocycles. The number of carbonyl (C=O) groups is 1. The smallest absolute Gasteiger partial charge is 0.255 e. The third-order valence-corrected chi connectivity index (χ3v) is 4.63. The molecule has 4 rings (SSSR count). The molecule has 1 saturated heterocycles. The molecule has 1 unspecified atom stereocenters. The Bertz CT molecular complexity index is 996. The average molecular weight is 343 g/mol. The lowest BCUT2D eigenvalue weighted by atomic mass is 10.1. The van der Waals surface area contributed by atoms with Gasteiger partial charge < -0.3 is 10.2 Å². The second kappa shape index (κ2) is 6.81. The highest BCUT2D eigenvalue weighted by Gasteiger charge is 2.27. The van der Waals surface area contributed by atoms with Crippen molar-refractivity contribution in [3.63, 3.8) is 0 Å². The summed E-state index contributed by atoms with van der Waals surface area (Å²) in [5.41, 5.74) is 2.75. The van der Waals surface area contributed by atoms with E-state index in [4.69, 9.17) is 0 Å². The van der Waals surface area contributed by atoms with Crippen LogP contribution in [0.4, 0.5) is 5.69 Å². The minimum absolute atomic E-state index is 0.0116. The van der Waals surface area contributed by atoms with Crippen LogP contribution < -0.4 is 5.32 Å². The fourth-order valence-corrected chi connectivity index (χ4v) is 3.32. The number of likely N-dealkylation sites (tertiary alicyclic amines) is 1. The number of amides is 1. The van der Waals surface area contributed by atoms with Crippen LogP contribution >= 0.6 is 0 Å². The Kier molecular flexibility index (Phi) is 4.20. The zero-order valence-corrected chi connectivity index (χ0v) is 14.1. The van der Waals surface area contributed by atoms with Crippen LogP contribution in [0.3, 0.4) is 0 Å². The summed E-state index contributed by atoms with van der Waals surface area (Å²) in [6, 6.07) is 13.6. The second-order valence-electron chi connectivity index (χ2n) is 6.30.